The molecular weight excluding hydrogens is 296 g/mol. The van der Waals surface area contributed by atoms with E-state index in [4.69, 9.17) is 9.47 Å². The molecular formula is C17H24N2O4. The molecule has 0 bridgehead atoms. The Bertz CT molecular complexity index is 564. The van der Waals surface area contributed by atoms with E-state index in [2.05, 4.69) is 10.6 Å². The number of carbonyl (C=O) groups excluding carboxylic acids is 2. The Balaban J connectivity index is 2.66. The van der Waals surface area contributed by atoms with Crippen LogP contribution < -0.4 is 15.4 Å². The van der Waals surface area contributed by atoms with E-state index in [9.17, 15) is 9.59 Å². The van der Waals surface area contributed by atoms with E-state index < -0.39 is 6.09 Å². The van der Waals surface area contributed by atoms with E-state index in [-0.39, 0.29) is 23.8 Å². The van der Waals surface area contributed by atoms with Crippen molar-refractivity contribution in [2.24, 2.45) is 0 Å². The van der Waals surface area contributed by atoms with E-state index in [1.807, 2.05) is 31.2 Å². The summed E-state index contributed by atoms with van der Waals surface area (Å²) in [5.41, 5.74) is 1.08. The highest BCUT2D eigenvalue weighted by atomic mass is 16.6. The molecule has 6 heteroatoms. The Morgan fingerprint density at radius 2 is 1.74 bits per heavy atom. The highest BCUT2D eigenvalue weighted by Crippen LogP contribution is 2.17. The first kappa shape index (κ1) is 18.5. The standard InChI is InChI=1S/C17H24N2O4/c1-6-15(19-17(21)23-11(2)3)16(20)18-12(4)13-7-9-14(22-5)10-8-13/h6-12H,1-5H3,(H,18,20)(H,19,21). The van der Waals surface area contributed by atoms with Gasteiger partial charge in [0.05, 0.1) is 19.3 Å². The molecule has 0 spiro atoms. The number of benzene rings is 1. The van der Waals surface area contributed by atoms with Crippen molar-refractivity contribution in [3.63, 3.8) is 0 Å². The summed E-state index contributed by atoms with van der Waals surface area (Å²) in [6.07, 6.45) is 0.618. The molecule has 126 valence electrons. The molecule has 1 aromatic rings. The van der Waals surface area contributed by atoms with Crippen LogP contribution >= 0.6 is 0 Å². The van der Waals surface area contributed by atoms with Crippen LogP contribution in [0, 0.1) is 0 Å². The van der Waals surface area contributed by atoms with Crippen LogP contribution in [0.25, 0.3) is 0 Å². The summed E-state index contributed by atoms with van der Waals surface area (Å²) in [5.74, 6) is 0.371. The molecule has 0 saturated carbocycles. The fraction of sp³-hybridized carbons (Fsp3) is 0.412. The Kier molecular flexibility index (Phi) is 7.12. The van der Waals surface area contributed by atoms with Crippen molar-refractivity contribution in [3.8, 4) is 5.75 Å². The largest absolute Gasteiger partial charge is 0.497 e. The Labute approximate surface area is 136 Å². The highest BCUT2D eigenvalue weighted by Gasteiger charge is 2.16. The van der Waals surface area contributed by atoms with Gasteiger partial charge in [-0.25, -0.2) is 4.79 Å². The van der Waals surface area contributed by atoms with Gasteiger partial charge in [-0.05, 0) is 45.4 Å². The molecule has 0 aliphatic carbocycles. The maximum Gasteiger partial charge on any atom is 0.412 e. The van der Waals surface area contributed by atoms with Gasteiger partial charge in [0.25, 0.3) is 5.91 Å². The highest BCUT2D eigenvalue weighted by molar-refractivity contribution is 5.96. The molecule has 1 unspecified atom stereocenters. The van der Waals surface area contributed by atoms with Gasteiger partial charge in [-0.2, -0.15) is 0 Å². The van der Waals surface area contributed by atoms with E-state index >= 15 is 0 Å². The van der Waals surface area contributed by atoms with Crippen molar-refractivity contribution in [1.82, 2.24) is 10.6 Å². The fourth-order valence-electron chi connectivity index (χ4n) is 1.86. The number of alkyl carbamates (subject to hydrolysis) is 1. The Morgan fingerprint density at radius 1 is 1.13 bits per heavy atom. The first-order valence-electron chi connectivity index (χ1n) is 7.46. The number of hydrogen-bond acceptors (Lipinski definition) is 4. The number of rotatable bonds is 6. The monoisotopic (exact) mass is 320 g/mol. The van der Waals surface area contributed by atoms with Gasteiger partial charge >= 0.3 is 6.09 Å². The van der Waals surface area contributed by atoms with E-state index in [1.165, 1.54) is 6.08 Å². The summed E-state index contributed by atoms with van der Waals surface area (Å²) >= 11 is 0. The molecule has 0 aromatic heterocycles. The van der Waals surface area contributed by atoms with E-state index in [0.29, 0.717) is 0 Å². The molecule has 1 aromatic carbocycles. The van der Waals surface area contributed by atoms with Gasteiger partial charge in [0, 0.05) is 0 Å². The van der Waals surface area contributed by atoms with E-state index in [1.54, 1.807) is 27.9 Å². The molecule has 0 aliphatic heterocycles. The lowest BCUT2D eigenvalue weighted by molar-refractivity contribution is -0.118. The average molecular weight is 320 g/mol. The summed E-state index contributed by atoms with van der Waals surface area (Å²) in [6.45, 7) is 7.00. The van der Waals surface area contributed by atoms with Gasteiger partial charge in [0.1, 0.15) is 11.4 Å². The van der Waals surface area contributed by atoms with Crippen LogP contribution in [-0.2, 0) is 9.53 Å². The number of methoxy groups -OCH3 is 1. The smallest absolute Gasteiger partial charge is 0.412 e. The average Bonchev–Trinajstić information content (AvgIpc) is 2.51. The molecule has 1 atom stereocenters. The van der Waals surface area contributed by atoms with Crippen molar-refractivity contribution in [2.45, 2.75) is 39.8 Å². The number of nitrogens with one attached hydrogen (secondary N) is 2. The van der Waals surface area contributed by atoms with Gasteiger partial charge in [0.15, 0.2) is 0 Å². The Morgan fingerprint density at radius 3 is 2.22 bits per heavy atom. The maximum absolute atomic E-state index is 12.2. The second kappa shape index (κ2) is 8.82. The topological polar surface area (TPSA) is 76.7 Å². The fourth-order valence-corrected chi connectivity index (χ4v) is 1.86. The summed E-state index contributed by atoms with van der Waals surface area (Å²) in [4.78, 5) is 23.8. The first-order chi connectivity index (χ1) is 10.9. The minimum Gasteiger partial charge on any atom is -0.497 e. The molecule has 2 N–H and O–H groups in total. The molecule has 0 aliphatic rings. The van der Waals surface area contributed by atoms with Crippen molar-refractivity contribution in [1.29, 1.82) is 0 Å². The van der Waals surface area contributed by atoms with Crippen LogP contribution in [0.5, 0.6) is 5.75 Å². The molecule has 6 nitrogen and oxygen atoms in total. The second-order valence-corrected chi connectivity index (χ2v) is 5.25. The van der Waals surface area contributed by atoms with Gasteiger partial charge in [0.2, 0.25) is 0 Å². The molecule has 23 heavy (non-hydrogen) atoms. The lowest BCUT2D eigenvalue weighted by Gasteiger charge is -2.17. The van der Waals surface area contributed by atoms with Gasteiger partial charge < -0.3 is 14.8 Å². The predicted molar refractivity (Wildman–Crippen MR) is 88.1 cm³/mol. The number of ether oxygens (including phenoxy) is 2. The lowest BCUT2D eigenvalue weighted by atomic mass is 10.1. The summed E-state index contributed by atoms with van der Waals surface area (Å²) in [6, 6.07) is 7.19. The second-order valence-electron chi connectivity index (χ2n) is 5.25. The minimum atomic E-state index is -0.652. The normalized spacial score (nSPS) is 12.5. The third kappa shape index (κ3) is 6.02. The zero-order valence-corrected chi connectivity index (χ0v) is 14.2. The summed E-state index contributed by atoms with van der Waals surface area (Å²) in [5, 5.41) is 5.27. The van der Waals surface area contributed by atoms with Crippen LogP contribution in [0.2, 0.25) is 0 Å². The van der Waals surface area contributed by atoms with Crippen molar-refractivity contribution in [3.05, 3.63) is 41.6 Å². The van der Waals surface area contributed by atoms with Crippen molar-refractivity contribution >= 4 is 12.0 Å². The van der Waals surface area contributed by atoms with Crippen LogP contribution in [0.4, 0.5) is 4.79 Å². The molecule has 0 saturated heterocycles. The Hall–Kier alpha value is -2.50. The number of amides is 2. The maximum atomic E-state index is 12.2. The molecule has 2 amide bonds. The van der Waals surface area contributed by atoms with Crippen LogP contribution in [0.15, 0.2) is 36.0 Å². The van der Waals surface area contributed by atoms with Gasteiger partial charge in [-0.15, -0.1) is 0 Å². The van der Waals surface area contributed by atoms with E-state index in [0.717, 1.165) is 11.3 Å². The molecule has 0 heterocycles. The zero-order chi connectivity index (χ0) is 17.4. The molecule has 1 rings (SSSR count). The minimum absolute atomic E-state index is 0.149. The van der Waals surface area contributed by atoms with Crippen molar-refractivity contribution < 1.29 is 19.1 Å². The lowest BCUT2D eigenvalue weighted by Crippen LogP contribution is -2.37. The number of allylic oxidation sites excluding steroid dienone is 1. The third-order valence-electron chi connectivity index (χ3n) is 3.08. The first-order valence-corrected chi connectivity index (χ1v) is 7.46. The van der Waals surface area contributed by atoms with Crippen LogP contribution in [0.1, 0.15) is 39.3 Å². The third-order valence-corrected chi connectivity index (χ3v) is 3.08. The predicted octanol–water partition coefficient (Wildman–Crippen LogP) is 2.91. The van der Waals surface area contributed by atoms with Gasteiger partial charge in [-0.1, -0.05) is 18.2 Å². The van der Waals surface area contributed by atoms with Crippen LogP contribution in [-0.4, -0.2) is 25.2 Å². The van der Waals surface area contributed by atoms with Crippen molar-refractivity contribution in [2.75, 3.05) is 7.11 Å². The van der Waals surface area contributed by atoms with Gasteiger partial charge in [-0.3, -0.25) is 10.1 Å². The van der Waals surface area contributed by atoms with Crippen LogP contribution in [0.3, 0.4) is 0 Å². The quantitative estimate of drug-likeness (QED) is 0.790. The number of hydrogen-bond donors (Lipinski definition) is 2. The number of carbonyl (C=O) groups is 2. The SMILES string of the molecule is CC=C(NC(=O)OC(C)C)C(=O)NC(C)c1ccc(OC)cc1. The molecule has 0 fully saturated rings. The summed E-state index contributed by atoms with van der Waals surface area (Å²) in [7, 11) is 1.60. The summed E-state index contributed by atoms with van der Waals surface area (Å²) < 4.78 is 10.1. The zero-order valence-electron chi connectivity index (χ0n) is 14.2. The molecule has 0 radical (unpaired) electrons.